The average molecular weight is 368 g/mol. The van der Waals surface area contributed by atoms with E-state index in [1.165, 1.54) is 12.1 Å². The van der Waals surface area contributed by atoms with Crippen molar-refractivity contribution in [2.75, 3.05) is 11.9 Å². The van der Waals surface area contributed by atoms with Crippen molar-refractivity contribution in [2.24, 2.45) is 0 Å². The van der Waals surface area contributed by atoms with Gasteiger partial charge in [-0.05, 0) is 38.0 Å². The maximum atomic E-state index is 13.8. The lowest BCUT2D eigenvalue weighted by Crippen LogP contribution is -2.34. The molecule has 1 aliphatic rings. The van der Waals surface area contributed by atoms with E-state index in [4.69, 9.17) is 4.52 Å². The fourth-order valence-electron chi connectivity index (χ4n) is 2.64. The van der Waals surface area contributed by atoms with Gasteiger partial charge in [-0.15, -0.1) is 0 Å². The number of urea groups is 1. The quantitative estimate of drug-likeness (QED) is 0.862. The summed E-state index contributed by atoms with van der Waals surface area (Å²) in [6.45, 7) is 2.42. The van der Waals surface area contributed by atoms with Crippen LogP contribution in [0.1, 0.15) is 30.3 Å². The molecule has 0 bridgehead atoms. The van der Waals surface area contributed by atoms with Gasteiger partial charge in [-0.3, -0.25) is 0 Å². The maximum Gasteiger partial charge on any atom is 0.322 e. The molecule has 1 fully saturated rings. The summed E-state index contributed by atoms with van der Waals surface area (Å²) in [5.74, 6) is 0.233. The fraction of sp³-hybridized carbons (Fsp3) is 0.333. The minimum atomic E-state index is -0.476. The fourth-order valence-corrected chi connectivity index (χ4v) is 2.97. The van der Waals surface area contributed by atoms with Crippen LogP contribution in [-0.2, 0) is 0 Å². The molecule has 22 heavy (non-hydrogen) atoms. The zero-order valence-corrected chi connectivity index (χ0v) is 13.6. The third kappa shape index (κ3) is 2.99. The zero-order chi connectivity index (χ0) is 15.7. The SMILES string of the molecule is Cc1cc([C@@H]2CCCN2C(=O)Nc2ccc(Br)cc2F)no1. The zero-order valence-electron chi connectivity index (χ0n) is 12.0. The van der Waals surface area contributed by atoms with Gasteiger partial charge in [0, 0.05) is 17.1 Å². The molecule has 0 aliphatic carbocycles. The van der Waals surface area contributed by atoms with Gasteiger partial charge < -0.3 is 14.7 Å². The van der Waals surface area contributed by atoms with Crippen LogP contribution in [-0.4, -0.2) is 22.6 Å². The molecule has 2 heterocycles. The standard InChI is InChI=1S/C15H15BrFN3O2/c1-9-7-13(19-22-9)14-3-2-6-20(14)15(21)18-12-5-4-10(16)8-11(12)17/h4-5,7-8,14H,2-3,6H2,1H3,(H,18,21)/t14-/m0/s1. The molecule has 3 rings (SSSR count). The van der Waals surface area contributed by atoms with Crippen LogP contribution < -0.4 is 5.32 Å². The molecule has 2 aromatic rings. The van der Waals surface area contributed by atoms with Crippen LogP contribution in [0.25, 0.3) is 0 Å². The van der Waals surface area contributed by atoms with Crippen LogP contribution in [0, 0.1) is 12.7 Å². The van der Waals surface area contributed by atoms with E-state index in [9.17, 15) is 9.18 Å². The van der Waals surface area contributed by atoms with E-state index in [1.807, 2.05) is 13.0 Å². The van der Waals surface area contributed by atoms with Gasteiger partial charge in [-0.25, -0.2) is 9.18 Å². The van der Waals surface area contributed by atoms with Gasteiger partial charge in [0.25, 0.3) is 0 Å². The summed E-state index contributed by atoms with van der Waals surface area (Å²) in [6, 6.07) is 5.90. The topological polar surface area (TPSA) is 58.4 Å². The molecule has 1 saturated heterocycles. The molecule has 7 heteroatoms. The molecule has 116 valence electrons. The Hall–Kier alpha value is -1.89. The summed E-state index contributed by atoms with van der Waals surface area (Å²) in [5, 5.41) is 6.61. The molecular formula is C15H15BrFN3O2. The Bertz CT molecular complexity index is 704. The first-order chi connectivity index (χ1) is 10.5. The molecule has 2 amide bonds. The lowest BCUT2D eigenvalue weighted by molar-refractivity contribution is 0.204. The van der Waals surface area contributed by atoms with Crippen LogP contribution in [0.2, 0.25) is 0 Å². The number of benzene rings is 1. The predicted octanol–water partition coefficient (Wildman–Crippen LogP) is 4.25. The van der Waals surface area contributed by atoms with Crippen molar-refractivity contribution in [2.45, 2.75) is 25.8 Å². The van der Waals surface area contributed by atoms with Crippen molar-refractivity contribution in [3.05, 3.63) is 46.0 Å². The Balaban J connectivity index is 1.76. The summed E-state index contributed by atoms with van der Waals surface area (Å²) in [5.41, 5.74) is 0.900. The van der Waals surface area contributed by atoms with Gasteiger partial charge >= 0.3 is 6.03 Å². The normalized spacial score (nSPS) is 17.8. The molecule has 0 spiro atoms. The van der Waals surface area contributed by atoms with Crippen molar-refractivity contribution in [1.82, 2.24) is 10.1 Å². The van der Waals surface area contributed by atoms with Gasteiger partial charge in [0.1, 0.15) is 17.3 Å². The molecule has 0 saturated carbocycles. The maximum absolute atomic E-state index is 13.8. The number of rotatable bonds is 2. The number of anilines is 1. The number of carbonyl (C=O) groups is 1. The lowest BCUT2D eigenvalue weighted by Gasteiger charge is -2.23. The highest BCUT2D eigenvalue weighted by Gasteiger charge is 2.32. The highest BCUT2D eigenvalue weighted by Crippen LogP contribution is 2.32. The predicted molar refractivity (Wildman–Crippen MR) is 83.0 cm³/mol. The molecule has 1 aromatic heterocycles. The molecule has 1 aromatic carbocycles. The van der Waals surface area contributed by atoms with Crippen molar-refractivity contribution in [3.8, 4) is 0 Å². The van der Waals surface area contributed by atoms with Crippen molar-refractivity contribution in [3.63, 3.8) is 0 Å². The number of amides is 2. The van der Waals surface area contributed by atoms with Gasteiger partial charge in [0.2, 0.25) is 0 Å². The van der Waals surface area contributed by atoms with E-state index in [-0.39, 0.29) is 17.8 Å². The van der Waals surface area contributed by atoms with Gasteiger partial charge in [0.15, 0.2) is 0 Å². The largest absolute Gasteiger partial charge is 0.361 e. The minimum absolute atomic E-state index is 0.129. The third-order valence-electron chi connectivity index (χ3n) is 3.67. The number of nitrogens with zero attached hydrogens (tertiary/aromatic N) is 2. The molecule has 1 aliphatic heterocycles. The number of nitrogens with one attached hydrogen (secondary N) is 1. The molecule has 1 N–H and O–H groups in total. The minimum Gasteiger partial charge on any atom is -0.361 e. The summed E-state index contributed by atoms with van der Waals surface area (Å²) < 4.78 is 19.5. The molecule has 0 unspecified atom stereocenters. The van der Waals surface area contributed by atoms with Crippen LogP contribution in [0.15, 0.2) is 33.3 Å². The van der Waals surface area contributed by atoms with Crippen LogP contribution in [0.5, 0.6) is 0 Å². The highest BCUT2D eigenvalue weighted by atomic mass is 79.9. The Morgan fingerprint density at radius 3 is 3.00 bits per heavy atom. The van der Waals surface area contributed by atoms with E-state index >= 15 is 0 Å². The van der Waals surface area contributed by atoms with E-state index in [2.05, 4.69) is 26.4 Å². The number of carbonyl (C=O) groups excluding carboxylic acids is 1. The Morgan fingerprint density at radius 2 is 2.32 bits per heavy atom. The van der Waals surface area contributed by atoms with Gasteiger partial charge in [-0.2, -0.15) is 0 Å². The average Bonchev–Trinajstić information content (AvgIpc) is 3.10. The Kier molecular flexibility index (Phi) is 4.15. The monoisotopic (exact) mass is 367 g/mol. The van der Waals surface area contributed by atoms with Gasteiger partial charge in [-0.1, -0.05) is 21.1 Å². The molecule has 5 nitrogen and oxygen atoms in total. The smallest absolute Gasteiger partial charge is 0.322 e. The Morgan fingerprint density at radius 1 is 1.50 bits per heavy atom. The van der Waals surface area contributed by atoms with Crippen molar-refractivity contribution in [1.29, 1.82) is 0 Å². The lowest BCUT2D eigenvalue weighted by atomic mass is 10.1. The number of likely N-dealkylation sites (tertiary alicyclic amines) is 1. The van der Waals surface area contributed by atoms with E-state index in [0.29, 0.717) is 16.8 Å². The summed E-state index contributed by atoms with van der Waals surface area (Å²) in [6.07, 6.45) is 1.70. The van der Waals surface area contributed by atoms with Crippen molar-refractivity contribution < 1.29 is 13.7 Å². The van der Waals surface area contributed by atoms with Crippen LogP contribution >= 0.6 is 15.9 Å². The first-order valence-electron chi connectivity index (χ1n) is 7.00. The number of aromatic nitrogens is 1. The number of hydrogen-bond acceptors (Lipinski definition) is 3. The second kappa shape index (κ2) is 6.08. The summed E-state index contributed by atoms with van der Waals surface area (Å²) in [4.78, 5) is 14.1. The van der Waals surface area contributed by atoms with Crippen molar-refractivity contribution >= 4 is 27.6 Å². The summed E-state index contributed by atoms with van der Waals surface area (Å²) >= 11 is 3.19. The van der Waals surface area contributed by atoms with Crippen LogP contribution in [0.4, 0.5) is 14.9 Å². The number of aryl methyl sites for hydroxylation is 1. The van der Waals surface area contributed by atoms with E-state index in [0.717, 1.165) is 18.5 Å². The van der Waals surface area contributed by atoms with Crippen LogP contribution in [0.3, 0.4) is 0 Å². The second-order valence-electron chi connectivity index (χ2n) is 5.27. The third-order valence-corrected chi connectivity index (χ3v) is 4.17. The second-order valence-corrected chi connectivity index (χ2v) is 6.18. The number of hydrogen-bond donors (Lipinski definition) is 1. The Labute approximate surface area is 135 Å². The van der Waals surface area contributed by atoms with Gasteiger partial charge in [0.05, 0.1) is 11.7 Å². The highest BCUT2D eigenvalue weighted by molar-refractivity contribution is 9.10. The first kappa shape index (κ1) is 15.0. The number of halogens is 2. The molecular weight excluding hydrogens is 353 g/mol. The molecule has 1 atom stereocenters. The van der Waals surface area contributed by atoms with E-state index < -0.39 is 5.82 Å². The first-order valence-corrected chi connectivity index (χ1v) is 7.80. The summed E-state index contributed by atoms with van der Waals surface area (Å²) in [7, 11) is 0. The van der Waals surface area contributed by atoms with E-state index in [1.54, 1.807) is 11.0 Å². The molecule has 0 radical (unpaired) electrons.